The Morgan fingerprint density at radius 2 is 2.14 bits per heavy atom. The summed E-state index contributed by atoms with van der Waals surface area (Å²) in [5, 5.41) is 3.90. The van der Waals surface area contributed by atoms with Crippen LogP contribution in [0.4, 0.5) is 0 Å². The molecule has 0 aliphatic rings. The summed E-state index contributed by atoms with van der Waals surface area (Å²) in [4.78, 5) is 13.4. The number of nitrogens with zero attached hydrogens (tertiary/aromatic N) is 2. The number of nitrogens with one attached hydrogen (secondary N) is 1. The van der Waals surface area contributed by atoms with Gasteiger partial charge in [-0.1, -0.05) is 13.8 Å². The van der Waals surface area contributed by atoms with Gasteiger partial charge >= 0.3 is 0 Å². The van der Waals surface area contributed by atoms with Crippen molar-refractivity contribution in [3.05, 3.63) is 34.3 Å². The molecule has 0 unspecified atom stereocenters. The molecule has 0 aromatic carbocycles. The largest absolute Gasteiger partial charge is 0.275 e. The van der Waals surface area contributed by atoms with E-state index in [4.69, 9.17) is 0 Å². The van der Waals surface area contributed by atoms with Gasteiger partial charge in [0.05, 0.1) is 11.1 Å². The van der Waals surface area contributed by atoms with Gasteiger partial charge in [0.1, 0.15) is 4.90 Å². The molecule has 0 fully saturated rings. The van der Waals surface area contributed by atoms with E-state index in [0.717, 1.165) is 4.88 Å². The maximum absolute atomic E-state index is 12.1. The minimum absolute atomic E-state index is 0.0154. The van der Waals surface area contributed by atoms with Gasteiger partial charge < -0.3 is 0 Å². The SMILES string of the molecule is CCn1cc(S(=O)(=O)NC(=O)c2ccc(C(C)C)s2)cn1. The van der Waals surface area contributed by atoms with Crippen LogP contribution in [0.2, 0.25) is 0 Å². The van der Waals surface area contributed by atoms with E-state index in [2.05, 4.69) is 9.82 Å². The summed E-state index contributed by atoms with van der Waals surface area (Å²) >= 11 is 1.30. The monoisotopic (exact) mass is 327 g/mol. The van der Waals surface area contributed by atoms with Crippen LogP contribution in [0.25, 0.3) is 0 Å². The van der Waals surface area contributed by atoms with Gasteiger partial charge in [-0.3, -0.25) is 9.48 Å². The first-order chi connectivity index (χ1) is 9.83. The van der Waals surface area contributed by atoms with Crippen LogP contribution in [0.3, 0.4) is 0 Å². The Labute approximate surface area is 127 Å². The number of hydrogen-bond acceptors (Lipinski definition) is 5. The second kappa shape index (κ2) is 5.98. The topological polar surface area (TPSA) is 81.1 Å². The third kappa shape index (κ3) is 3.51. The summed E-state index contributed by atoms with van der Waals surface area (Å²) < 4.78 is 27.8. The zero-order valence-corrected chi connectivity index (χ0v) is 13.7. The van der Waals surface area contributed by atoms with Crippen LogP contribution in [0, 0.1) is 0 Å². The van der Waals surface area contributed by atoms with Crippen LogP contribution in [-0.4, -0.2) is 24.1 Å². The van der Waals surface area contributed by atoms with Gasteiger partial charge in [-0.05, 0) is 25.0 Å². The maximum Gasteiger partial charge on any atom is 0.275 e. The molecule has 0 radical (unpaired) electrons. The number of sulfonamides is 1. The molecule has 2 aromatic rings. The van der Waals surface area contributed by atoms with Crippen molar-refractivity contribution in [2.45, 2.75) is 38.1 Å². The molecule has 0 spiro atoms. The molecule has 114 valence electrons. The highest BCUT2D eigenvalue weighted by Crippen LogP contribution is 2.24. The fourth-order valence-corrected chi connectivity index (χ4v) is 3.56. The van der Waals surface area contributed by atoms with E-state index in [1.165, 1.54) is 28.4 Å². The minimum Gasteiger partial charge on any atom is -0.272 e. The van der Waals surface area contributed by atoms with Gasteiger partial charge in [-0.25, -0.2) is 13.1 Å². The molecular formula is C13H17N3O3S2. The Kier molecular flexibility index (Phi) is 4.48. The van der Waals surface area contributed by atoms with E-state index in [1.807, 2.05) is 26.8 Å². The number of aromatic nitrogens is 2. The molecular weight excluding hydrogens is 310 g/mol. The molecule has 1 N–H and O–H groups in total. The second-order valence-electron chi connectivity index (χ2n) is 4.82. The molecule has 6 nitrogen and oxygen atoms in total. The van der Waals surface area contributed by atoms with E-state index in [-0.39, 0.29) is 4.90 Å². The van der Waals surface area contributed by atoms with Gasteiger partial charge in [-0.2, -0.15) is 5.10 Å². The number of amides is 1. The quantitative estimate of drug-likeness (QED) is 0.913. The van der Waals surface area contributed by atoms with Crippen LogP contribution in [0.1, 0.15) is 41.2 Å². The molecule has 2 rings (SSSR count). The lowest BCUT2D eigenvalue weighted by molar-refractivity contribution is 0.0985. The van der Waals surface area contributed by atoms with Gasteiger partial charge in [0.15, 0.2) is 0 Å². The molecule has 8 heteroatoms. The third-order valence-electron chi connectivity index (χ3n) is 2.89. The highest BCUT2D eigenvalue weighted by atomic mass is 32.2. The number of aryl methyl sites for hydroxylation is 1. The van der Waals surface area contributed by atoms with Crippen LogP contribution in [0.5, 0.6) is 0 Å². The van der Waals surface area contributed by atoms with E-state index in [1.54, 1.807) is 6.07 Å². The molecule has 0 aliphatic carbocycles. The summed E-state index contributed by atoms with van der Waals surface area (Å²) in [5.41, 5.74) is 0. The smallest absolute Gasteiger partial charge is 0.272 e. The summed E-state index contributed by atoms with van der Waals surface area (Å²) in [6.45, 7) is 6.44. The van der Waals surface area contributed by atoms with Crippen LogP contribution >= 0.6 is 11.3 Å². The molecule has 0 atom stereocenters. The van der Waals surface area contributed by atoms with E-state index >= 15 is 0 Å². The molecule has 21 heavy (non-hydrogen) atoms. The Bertz CT molecular complexity index is 744. The number of hydrogen-bond donors (Lipinski definition) is 1. The molecule has 0 aliphatic heterocycles. The van der Waals surface area contributed by atoms with Crippen molar-refractivity contribution in [2.24, 2.45) is 0 Å². The lowest BCUT2D eigenvalue weighted by Crippen LogP contribution is -2.29. The Balaban J connectivity index is 2.17. The fourth-order valence-electron chi connectivity index (χ4n) is 1.67. The average Bonchev–Trinajstić information content (AvgIpc) is 3.07. The Morgan fingerprint density at radius 1 is 1.43 bits per heavy atom. The zero-order chi connectivity index (χ0) is 15.6. The van der Waals surface area contributed by atoms with Crippen LogP contribution in [0.15, 0.2) is 29.4 Å². The first-order valence-electron chi connectivity index (χ1n) is 6.53. The highest BCUT2D eigenvalue weighted by molar-refractivity contribution is 7.90. The number of thiophene rings is 1. The lowest BCUT2D eigenvalue weighted by Gasteiger charge is -2.03. The first-order valence-corrected chi connectivity index (χ1v) is 8.82. The van der Waals surface area contributed by atoms with E-state index < -0.39 is 15.9 Å². The van der Waals surface area contributed by atoms with Gasteiger partial charge in [-0.15, -0.1) is 11.3 Å². The summed E-state index contributed by atoms with van der Waals surface area (Å²) in [7, 11) is -3.88. The third-order valence-corrected chi connectivity index (χ3v) is 5.56. The van der Waals surface area contributed by atoms with Crippen molar-refractivity contribution in [3.63, 3.8) is 0 Å². The van der Waals surface area contributed by atoms with Crippen LogP contribution in [-0.2, 0) is 16.6 Å². The van der Waals surface area contributed by atoms with Crippen molar-refractivity contribution >= 4 is 27.3 Å². The Morgan fingerprint density at radius 3 is 2.67 bits per heavy atom. The summed E-state index contributed by atoms with van der Waals surface area (Å²) in [6.07, 6.45) is 2.62. The minimum atomic E-state index is -3.88. The number of carbonyl (C=O) groups excluding carboxylic acids is 1. The fraction of sp³-hybridized carbons (Fsp3) is 0.385. The standard InChI is InChI=1S/C13H17N3O3S2/c1-4-16-8-10(7-14-16)21(18,19)15-13(17)12-6-5-11(20-12)9(2)3/h5-9H,4H2,1-3H3,(H,15,17). The van der Waals surface area contributed by atoms with Gasteiger partial charge in [0.2, 0.25) is 0 Å². The molecule has 2 aromatic heterocycles. The molecule has 0 saturated heterocycles. The number of carbonyl (C=O) groups is 1. The van der Waals surface area contributed by atoms with Crippen molar-refractivity contribution < 1.29 is 13.2 Å². The zero-order valence-electron chi connectivity index (χ0n) is 12.0. The number of rotatable bonds is 5. The van der Waals surface area contributed by atoms with E-state index in [9.17, 15) is 13.2 Å². The molecule has 1 amide bonds. The van der Waals surface area contributed by atoms with Crippen molar-refractivity contribution in [1.29, 1.82) is 0 Å². The van der Waals surface area contributed by atoms with Crippen LogP contribution < -0.4 is 4.72 Å². The normalized spacial score (nSPS) is 11.8. The molecule has 2 heterocycles. The highest BCUT2D eigenvalue weighted by Gasteiger charge is 2.21. The lowest BCUT2D eigenvalue weighted by atomic mass is 10.2. The summed E-state index contributed by atoms with van der Waals surface area (Å²) in [6, 6.07) is 3.48. The molecule has 0 bridgehead atoms. The summed E-state index contributed by atoms with van der Waals surface area (Å²) in [5.74, 6) is -0.313. The van der Waals surface area contributed by atoms with Crippen molar-refractivity contribution in [2.75, 3.05) is 0 Å². The Hall–Kier alpha value is -1.67. The maximum atomic E-state index is 12.1. The predicted molar refractivity (Wildman–Crippen MR) is 81.0 cm³/mol. The van der Waals surface area contributed by atoms with Gasteiger partial charge in [0.25, 0.3) is 15.9 Å². The van der Waals surface area contributed by atoms with Gasteiger partial charge in [0, 0.05) is 17.6 Å². The van der Waals surface area contributed by atoms with Crippen molar-refractivity contribution in [1.82, 2.24) is 14.5 Å². The van der Waals surface area contributed by atoms with E-state index in [0.29, 0.717) is 17.3 Å². The second-order valence-corrected chi connectivity index (χ2v) is 7.62. The van der Waals surface area contributed by atoms with Crippen molar-refractivity contribution in [3.8, 4) is 0 Å². The molecule has 0 saturated carbocycles. The average molecular weight is 327 g/mol. The predicted octanol–water partition coefficient (Wildman–Crippen LogP) is 2.21. The first kappa shape index (κ1) is 15.7.